The van der Waals surface area contributed by atoms with Crippen LogP contribution in [-0.2, 0) is 16.8 Å². The van der Waals surface area contributed by atoms with Crippen molar-refractivity contribution in [1.82, 2.24) is 19.0 Å². The third kappa shape index (κ3) is 3.95. The van der Waals surface area contributed by atoms with Gasteiger partial charge in [-0.25, -0.2) is 0 Å². The van der Waals surface area contributed by atoms with E-state index in [0.29, 0.717) is 31.2 Å². The van der Waals surface area contributed by atoms with Crippen molar-refractivity contribution in [2.75, 3.05) is 19.6 Å². The molecule has 7 nitrogen and oxygen atoms in total. The Bertz CT molecular complexity index is 523. The molecule has 2 rings (SSSR count). The van der Waals surface area contributed by atoms with Crippen molar-refractivity contribution >= 4 is 10.2 Å². The van der Waals surface area contributed by atoms with Crippen LogP contribution >= 0.6 is 0 Å². The largest absolute Gasteiger partial charge is 0.330 e. The minimum Gasteiger partial charge on any atom is -0.330 e. The summed E-state index contributed by atoms with van der Waals surface area (Å²) in [4.78, 5) is 8.22. The lowest BCUT2D eigenvalue weighted by Crippen LogP contribution is -2.45. The summed E-state index contributed by atoms with van der Waals surface area (Å²) in [5, 5.41) is 0. The van der Waals surface area contributed by atoms with Gasteiger partial charge in [0.2, 0.25) is 0 Å². The van der Waals surface area contributed by atoms with Crippen LogP contribution in [0.25, 0.3) is 0 Å². The quantitative estimate of drug-likeness (QED) is 0.783. The highest BCUT2D eigenvalue weighted by Gasteiger charge is 2.27. The van der Waals surface area contributed by atoms with Gasteiger partial charge in [-0.05, 0) is 32.2 Å². The van der Waals surface area contributed by atoms with Crippen molar-refractivity contribution in [1.29, 1.82) is 0 Å². The molecule has 2 heterocycles. The second-order valence-electron chi connectivity index (χ2n) is 5.05. The average molecular weight is 299 g/mol. The van der Waals surface area contributed by atoms with Gasteiger partial charge in [0.05, 0.1) is 24.1 Å². The molecule has 112 valence electrons. The van der Waals surface area contributed by atoms with E-state index in [2.05, 4.69) is 14.7 Å². The van der Waals surface area contributed by atoms with E-state index in [1.165, 1.54) is 4.31 Å². The number of piperidine rings is 1. The number of hydrogen-bond acceptors (Lipinski definition) is 5. The normalized spacial score (nSPS) is 18.3. The number of nitrogens with zero attached hydrogens (tertiary/aromatic N) is 3. The molecule has 0 atom stereocenters. The molecular weight excluding hydrogens is 278 g/mol. The van der Waals surface area contributed by atoms with Crippen LogP contribution in [0, 0.1) is 12.8 Å². The van der Waals surface area contributed by atoms with Gasteiger partial charge in [-0.3, -0.25) is 9.97 Å². The SMILES string of the molecule is Cc1cnc(CNS(=O)(=O)N2CCC(CN)CC2)cn1. The Kier molecular flexibility index (Phi) is 5.03. The summed E-state index contributed by atoms with van der Waals surface area (Å²) in [5.74, 6) is 0.435. The molecule has 3 N–H and O–H groups in total. The third-order valence-electron chi connectivity index (χ3n) is 3.52. The number of nitrogens with one attached hydrogen (secondary N) is 1. The first-order valence-electron chi connectivity index (χ1n) is 6.73. The van der Waals surface area contributed by atoms with Crippen LogP contribution in [0.4, 0.5) is 0 Å². The van der Waals surface area contributed by atoms with Gasteiger partial charge in [0, 0.05) is 19.3 Å². The topological polar surface area (TPSA) is 101 Å². The lowest BCUT2D eigenvalue weighted by Gasteiger charge is -2.30. The van der Waals surface area contributed by atoms with E-state index < -0.39 is 10.2 Å². The highest BCUT2D eigenvalue weighted by molar-refractivity contribution is 7.87. The first kappa shape index (κ1) is 15.3. The lowest BCUT2D eigenvalue weighted by atomic mass is 9.99. The third-order valence-corrected chi connectivity index (χ3v) is 5.07. The summed E-state index contributed by atoms with van der Waals surface area (Å²) >= 11 is 0. The van der Waals surface area contributed by atoms with Gasteiger partial charge in [-0.15, -0.1) is 0 Å². The molecular formula is C12H21N5O2S. The van der Waals surface area contributed by atoms with Gasteiger partial charge < -0.3 is 5.73 Å². The van der Waals surface area contributed by atoms with Gasteiger partial charge in [0.1, 0.15) is 0 Å². The van der Waals surface area contributed by atoms with Crippen molar-refractivity contribution in [2.24, 2.45) is 11.7 Å². The van der Waals surface area contributed by atoms with Crippen LogP contribution in [0.3, 0.4) is 0 Å². The molecule has 0 radical (unpaired) electrons. The minimum absolute atomic E-state index is 0.159. The maximum absolute atomic E-state index is 12.2. The molecule has 0 unspecified atom stereocenters. The van der Waals surface area contributed by atoms with E-state index >= 15 is 0 Å². The second-order valence-corrected chi connectivity index (χ2v) is 6.81. The monoisotopic (exact) mass is 299 g/mol. The number of rotatable bonds is 5. The predicted octanol–water partition coefficient (Wildman–Crippen LogP) is -0.210. The van der Waals surface area contributed by atoms with Crippen molar-refractivity contribution < 1.29 is 8.42 Å². The average Bonchev–Trinajstić information content (AvgIpc) is 2.47. The maximum Gasteiger partial charge on any atom is 0.279 e. The highest BCUT2D eigenvalue weighted by Crippen LogP contribution is 2.17. The summed E-state index contributed by atoms with van der Waals surface area (Å²) in [6, 6.07) is 0. The van der Waals surface area contributed by atoms with E-state index in [1.807, 2.05) is 6.92 Å². The van der Waals surface area contributed by atoms with E-state index in [0.717, 1.165) is 18.5 Å². The summed E-state index contributed by atoms with van der Waals surface area (Å²) < 4.78 is 28.3. The molecule has 1 fully saturated rings. The Morgan fingerprint density at radius 3 is 2.60 bits per heavy atom. The van der Waals surface area contributed by atoms with Crippen LogP contribution in [0.2, 0.25) is 0 Å². The van der Waals surface area contributed by atoms with E-state index in [4.69, 9.17) is 5.73 Å². The van der Waals surface area contributed by atoms with Crippen molar-refractivity contribution in [3.8, 4) is 0 Å². The summed E-state index contributed by atoms with van der Waals surface area (Å²) in [7, 11) is -3.45. The molecule has 1 aromatic heterocycles. The van der Waals surface area contributed by atoms with Crippen LogP contribution < -0.4 is 10.5 Å². The van der Waals surface area contributed by atoms with Crippen molar-refractivity contribution in [3.05, 3.63) is 23.8 Å². The minimum atomic E-state index is -3.45. The summed E-state index contributed by atoms with van der Waals surface area (Å²) in [6.07, 6.45) is 4.85. The number of hydrogen-bond donors (Lipinski definition) is 2. The summed E-state index contributed by atoms with van der Waals surface area (Å²) in [6.45, 7) is 3.67. The molecule has 0 saturated carbocycles. The Balaban J connectivity index is 1.89. The molecule has 0 aromatic carbocycles. The molecule has 0 aliphatic carbocycles. The van der Waals surface area contributed by atoms with Gasteiger partial charge in [0.15, 0.2) is 0 Å². The molecule has 1 aliphatic rings. The Morgan fingerprint density at radius 2 is 2.05 bits per heavy atom. The Morgan fingerprint density at radius 1 is 1.35 bits per heavy atom. The van der Waals surface area contributed by atoms with Crippen LogP contribution in [0.15, 0.2) is 12.4 Å². The fourth-order valence-corrected chi connectivity index (χ4v) is 3.36. The predicted molar refractivity (Wildman–Crippen MR) is 75.9 cm³/mol. The van der Waals surface area contributed by atoms with Gasteiger partial charge >= 0.3 is 0 Å². The van der Waals surface area contributed by atoms with Crippen LogP contribution in [0.5, 0.6) is 0 Å². The second kappa shape index (κ2) is 6.57. The Hall–Kier alpha value is -1.09. The first-order valence-corrected chi connectivity index (χ1v) is 8.17. The summed E-state index contributed by atoms with van der Waals surface area (Å²) in [5.41, 5.74) is 7.02. The lowest BCUT2D eigenvalue weighted by molar-refractivity contribution is 0.275. The van der Waals surface area contributed by atoms with Gasteiger partial charge in [-0.2, -0.15) is 17.4 Å². The molecule has 1 aliphatic heterocycles. The van der Waals surface area contributed by atoms with Crippen LogP contribution in [0.1, 0.15) is 24.2 Å². The standard InChI is InChI=1S/C12H21N5O2S/c1-10-7-15-12(8-14-10)9-16-20(18,19)17-4-2-11(6-13)3-5-17/h7-8,11,16H,2-6,9,13H2,1H3. The fourth-order valence-electron chi connectivity index (χ4n) is 2.15. The molecule has 1 saturated heterocycles. The number of aromatic nitrogens is 2. The van der Waals surface area contributed by atoms with E-state index in [9.17, 15) is 8.42 Å². The molecule has 0 bridgehead atoms. The zero-order valence-corrected chi connectivity index (χ0v) is 12.4. The smallest absolute Gasteiger partial charge is 0.279 e. The zero-order valence-electron chi connectivity index (χ0n) is 11.6. The van der Waals surface area contributed by atoms with Crippen molar-refractivity contribution in [2.45, 2.75) is 26.3 Å². The highest BCUT2D eigenvalue weighted by atomic mass is 32.2. The number of nitrogens with two attached hydrogens (primary N) is 1. The zero-order chi connectivity index (χ0) is 14.6. The Labute approximate surface area is 119 Å². The van der Waals surface area contributed by atoms with Gasteiger partial charge in [0.25, 0.3) is 10.2 Å². The molecule has 0 amide bonds. The fraction of sp³-hybridized carbons (Fsp3) is 0.667. The molecule has 0 spiro atoms. The first-order chi connectivity index (χ1) is 9.51. The number of aryl methyl sites for hydroxylation is 1. The van der Waals surface area contributed by atoms with Gasteiger partial charge in [-0.1, -0.05) is 0 Å². The van der Waals surface area contributed by atoms with E-state index in [1.54, 1.807) is 12.4 Å². The van der Waals surface area contributed by atoms with Crippen molar-refractivity contribution in [3.63, 3.8) is 0 Å². The molecule has 1 aromatic rings. The van der Waals surface area contributed by atoms with Crippen LogP contribution in [-0.4, -0.2) is 42.3 Å². The van der Waals surface area contributed by atoms with E-state index in [-0.39, 0.29) is 6.54 Å². The molecule has 8 heteroatoms. The maximum atomic E-state index is 12.2. The molecule has 20 heavy (non-hydrogen) atoms.